The van der Waals surface area contributed by atoms with Gasteiger partial charge in [0.25, 0.3) is 0 Å². The summed E-state index contributed by atoms with van der Waals surface area (Å²) in [6.45, 7) is 4.09. The minimum Gasteiger partial charge on any atom is -0.495 e. The summed E-state index contributed by atoms with van der Waals surface area (Å²) in [6.07, 6.45) is 1.73. The zero-order valence-electron chi connectivity index (χ0n) is 13.1. The first kappa shape index (κ1) is 17.3. The number of fused-ring (bicyclic) bond motifs is 1. The zero-order valence-corrected chi connectivity index (χ0v) is 16.2. The van der Waals surface area contributed by atoms with Gasteiger partial charge >= 0.3 is 0 Å². The van der Waals surface area contributed by atoms with Crippen LogP contribution in [0.1, 0.15) is 19.9 Å². The first-order chi connectivity index (χ1) is 11.4. The average molecular weight is 431 g/mol. The SMILES string of the molecule is COc1cc(Nc2nc(Cl)nc3c2ncn3C(C)C)cc(Br)c1Cl. The molecule has 0 amide bonds. The average Bonchev–Trinajstić information content (AvgIpc) is 2.94. The second-order valence-electron chi connectivity index (χ2n) is 5.36. The van der Waals surface area contributed by atoms with Gasteiger partial charge in [0.1, 0.15) is 5.75 Å². The summed E-state index contributed by atoms with van der Waals surface area (Å²) in [5.74, 6) is 1.05. The fourth-order valence-corrected chi connectivity index (χ4v) is 3.07. The van der Waals surface area contributed by atoms with Gasteiger partial charge in [0, 0.05) is 22.3 Å². The predicted octanol–water partition coefficient (Wildman–Crippen LogP) is 5.23. The maximum atomic E-state index is 6.16. The van der Waals surface area contributed by atoms with Crippen LogP contribution in [0.5, 0.6) is 5.75 Å². The molecule has 0 saturated heterocycles. The Morgan fingerprint density at radius 2 is 2.00 bits per heavy atom. The third-order valence-corrected chi connectivity index (χ3v) is 4.84. The molecule has 1 aromatic carbocycles. The van der Waals surface area contributed by atoms with Crippen molar-refractivity contribution in [3.63, 3.8) is 0 Å². The molecule has 0 spiro atoms. The number of aromatic nitrogens is 4. The summed E-state index contributed by atoms with van der Waals surface area (Å²) < 4.78 is 7.91. The van der Waals surface area contributed by atoms with Crippen molar-refractivity contribution in [2.45, 2.75) is 19.9 Å². The van der Waals surface area contributed by atoms with Crippen LogP contribution in [0.15, 0.2) is 22.9 Å². The number of hydrogen-bond acceptors (Lipinski definition) is 5. The fraction of sp³-hybridized carbons (Fsp3) is 0.267. The van der Waals surface area contributed by atoms with Crippen LogP contribution in [-0.2, 0) is 0 Å². The lowest BCUT2D eigenvalue weighted by Gasteiger charge is -2.12. The molecule has 9 heteroatoms. The molecule has 126 valence electrons. The fourth-order valence-electron chi connectivity index (χ4n) is 2.28. The Labute approximate surface area is 157 Å². The van der Waals surface area contributed by atoms with Crippen molar-refractivity contribution < 1.29 is 4.74 Å². The lowest BCUT2D eigenvalue weighted by molar-refractivity contribution is 0.415. The zero-order chi connectivity index (χ0) is 17.4. The van der Waals surface area contributed by atoms with Crippen molar-refractivity contribution in [1.82, 2.24) is 19.5 Å². The third kappa shape index (κ3) is 3.16. The Bertz CT molecular complexity index is 913. The van der Waals surface area contributed by atoms with E-state index in [4.69, 9.17) is 27.9 Å². The van der Waals surface area contributed by atoms with Gasteiger partial charge in [-0.05, 0) is 47.4 Å². The molecular weight excluding hydrogens is 417 g/mol. The highest BCUT2D eigenvalue weighted by Gasteiger charge is 2.15. The van der Waals surface area contributed by atoms with Gasteiger partial charge in [-0.3, -0.25) is 0 Å². The number of ether oxygens (including phenoxy) is 1. The summed E-state index contributed by atoms with van der Waals surface area (Å²) in [6, 6.07) is 3.80. The molecular formula is C15H14BrCl2N5O. The van der Waals surface area contributed by atoms with Crippen molar-refractivity contribution in [2.24, 2.45) is 0 Å². The third-order valence-electron chi connectivity index (χ3n) is 3.43. The van der Waals surface area contributed by atoms with Gasteiger partial charge in [-0.2, -0.15) is 9.97 Å². The van der Waals surface area contributed by atoms with E-state index in [1.807, 2.05) is 24.5 Å². The molecule has 0 aliphatic rings. The molecule has 3 aromatic rings. The van der Waals surface area contributed by atoms with Crippen LogP contribution in [0, 0.1) is 0 Å². The van der Waals surface area contributed by atoms with Crippen molar-refractivity contribution >= 4 is 61.8 Å². The van der Waals surface area contributed by atoms with Gasteiger partial charge < -0.3 is 14.6 Å². The summed E-state index contributed by atoms with van der Waals surface area (Å²) >= 11 is 15.7. The molecule has 1 N–H and O–H groups in total. The van der Waals surface area contributed by atoms with Crippen molar-refractivity contribution in [2.75, 3.05) is 12.4 Å². The summed E-state index contributed by atoms with van der Waals surface area (Å²) in [7, 11) is 1.56. The van der Waals surface area contributed by atoms with E-state index in [9.17, 15) is 0 Å². The maximum Gasteiger partial charge on any atom is 0.226 e. The van der Waals surface area contributed by atoms with E-state index in [2.05, 4.69) is 36.2 Å². The largest absolute Gasteiger partial charge is 0.495 e. The molecule has 2 heterocycles. The first-order valence-electron chi connectivity index (χ1n) is 7.10. The molecule has 0 aliphatic heterocycles. The number of methoxy groups -OCH3 is 1. The van der Waals surface area contributed by atoms with Crippen molar-refractivity contribution in [1.29, 1.82) is 0 Å². The molecule has 24 heavy (non-hydrogen) atoms. The smallest absolute Gasteiger partial charge is 0.226 e. The molecule has 3 rings (SSSR count). The Morgan fingerprint density at radius 1 is 1.25 bits per heavy atom. The predicted molar refractivity (Wildman–Crippen MR) is 99.7 cm³/mol. The van der Waals surface area contributed by atoms with Crippen LogP contribution in [-0.4, -0.2) is 26.6 Å². The molecule has 2 aromatic heterocycles. The number of nitrogens with one attached hydrogen (secondary N) is 1. The number of imidazole rings is 1. The topological polar surface area (TPSA) is 64.9 Å². The van der Waals surface area contributed by atoms with Crippen LogP contribution in [0.2, 0.25) is 10.3 Å². The second kappa shape index (κ2) is 6.74. The van der Waals surface area contributed by atoms with E-state index >= 15 is 0 Å². The molecule has 0 atom stereocenters. The molecule has 0 unspecified atom stereocenters. The Kier molecular flexibility index (Phi) is 4.85. The van der Waals surface area contributed by atoms with Crippen molar-refractivity contribution in [3.05, 3.63) is 33.2 Å². The number of benzene rings is 1. The molecule has 0 bridgehead atoms. The highest BCUT2D eigenvalue weighted by Crippen LogP contribution is 2.37. The highest BCUT2D eigenvalue weighted by molar-refractivity contribution is 9.10. The number of hydrogen-bond donors (Lipinski definition) is 1. The Morgan fingerprint density at radius 3 is 2.67 bits per heavy atom. The normalized spacial score (nSPS) is 11.3. The van der Waals surface area contributed by atoms with Crippen LogP contribution < -0.4 is 10.1 Å². The van der Waals surface area contributed by atoms with Gasteiger partial charge in [-0.1, -0.05) is 11.6 Å². The van der Waals surface area contributed by atoms with E-state index in [1.54, 1.807) is 19.5 Å². The second-order valence-corrected chi connectivity index (χ2v) is 6.93. The lowest BCUT2D eigenvalue weighted by Crippen LogP contribution is -2.02. The lowest BCUT2D eigenvalue weighted by atomic mass is 10.3. The van der Waals surface area contributed by atoms with Gasteiger partial charge in [-0.25, -0.2) is 4.98 Å². The Hall–Kier alpha value is -1.57. The first-order valence-corrected chi connectivity index (χ1v) is 8.65. The van der Waals surface area contributed by atoms with Crippen LogP contribution in [0.3, 0.4) is 0 Å². The van der Waals surface area contributed by atoms with E-state index in [-0.39, 0.29) is 11.3 Å². The minimum absolute atomic E-state index is 0.146. The van der Waals surface area contributed by atoms with Gasteiger partial charge in [0.2, 0.25) is 5.28 Å². The molecule has 0 aliphatic carbocycles. The molecule has 6 nitrogen and oxygen atoms in total. The Balaban J connectivity index is 2.09. The molecule has 0 saturated carbocycles. The van der Waals surface area contributed by atoms with E-state index in [0.29, 0.717) is 32.2 Å². The highest BCUT2D eigenvalue weighted by atomic mass is 79.9. The quantitative estimate of drug-likeness (QED) is 0.574. The van der Waals surface area contributed by atoms with Crippen LogP contribution >= 0.6 is 39.1 Å². The monoisotopic (exact) mass is 429 g/mol. The number of anilines is 2. The molecule has 0 fully saturated rings. The van der Waals surface area contributed by atoms with Crippen molar-refractivity contribution in [3.8, 4) is 5.75 Å². The number of halogens is 3. The van der Waals surface area contributed by atoms with Crippen LogP contribution in [0.4, 0.5) is 11.5 Å². The van der Waals surface area contributed by atoms with Gasteiger partial charge in [0.15, 0.2) is 17.0 Å². The molecule has 0 radical (unpaired) electrons. The minimum atomic E-state index is 0.146. The van der Waals surface area contributed by atoms with E-state index in [0.717, 1.165) is 5.69 Å². The summed E-state index contributed by atoms with van der Waals surface area (Å²) in [4.78, 5) is 12.9. The number of nitrogens with zero attached hydrogens (tertiary/aromatic N) is 4. The standard InChI is InChI=1S/C15H14BrCl2N5O/c1-7(2)23-6-19-12-13(21-15(18)22-14(12)23)20-8-4-9(16)11(17)10(5-8)24-3/h4-7H,1-3H3,(H,20,21,22). The van der Waals surface area contributed by atoms with Gasteiger partial charge in [0.05, 0.1) is 18.5 Å². The number of rotatable bonds is 4. The van der Waals surface area contributed by atoms with Crippen LogP contribution in [0.25, 0.3) is 11.2 Å². The van der Waals surface area contributed by atoms with Gasteiger partial charge in [-0.15, -0.1) is 0 Å². The van der Waals surface area contributed by atoms with E-state index < -0.39 is 0 Å². The summed E-state index contributed by atoms with van der Waals surface area (Å²) in [5.41, 5.74) is 2.05. The maximum absolute atomic E-state index is 6.16. The summed E-state index contributed by atoms with van der Waals surface area (Å²) in [5, 5.41) is 3.85. The van der Waals surface area contributed by atoms with E-state index in [1.165, 1.54) is 0 Å².